The van der Waals surface area contributed by atoms with E-state index in [-0.39, 0.29) is 0 Å². The maximum Gasteiger partial charge on any atom is 0.230 e. The van der Waals surface area contributed by atoms with Gasteiger partial charge in [0.05, 0.1) is 12.0 Å². The first-order valence-corrected chi connectivity index (χ1v) is 7.18. The molecular formula is C14H17F2N3OS. The van der Waals surface area contributed by atoms with Gasteiger partial charge in [0.25, 0.3) is 0 Å². The smallest absolute Gasteiger partial charge is 0.230 e. The number of nitrogens with one attached hydrogen (secondary N) is 1. The zero-order valence-corrected chi connectivity index (χ0v) is 12.9. The molecule has 0 bridgehead atoms. The van der Waals surface area contributed by atoms with Crippen molar-refractivity contribution in [1.82, 2.24) is 10.3 Å². The van der Waals surface area contributed by atoms with Gasteiger partial charge in [0.2, 0.25) is 5.88 Å². The molecule has 2 aromatic rings. The Bertz CT molecular complexity index is 616. The van der Waals surface area contributed by atoms with E-state index in [1.807, 2.05) is 19.0 Å². The highest BCUT2D eigenvalue weighted by atomic mass is 32.1. The Morgan fingerprint density at radius 2 is 2.00 bits per heavy atom. The number of halogens is 2. The van der Waals surface area contributed by atoms with Crippen LogP contribution in [0.1, 0.15) is 10.4 Å². The second kappa shape index (κ2) is 6.82. The number of benzene rings is 1. The fraction of sp³-hybridized carbons (Fsp3) is 0.357. The van der Waals surface area contributed by atoms with Crippen LogP contribution in [0.3, 0.4) is 0 Å². The van der Waals surface area contributed by atoms with Gasteiger partial charge in [0.15, 0.2) is 16.8 Å². The van der Waals surface area contributed by atoms with Crippen LogP contribution in [0.15, 0.2) is 18.2 Å². The lowest BCUT2D eigenvalue weighted by atomic mass is 10.2. The van der Waals surface area contributed by atoms with Crippen LogP contribution in [-0.4, -0.2) is 26.2 Å². The van der Waals surface area contributed by atoms with Crippen molar-refractivity contribution in [2.75, 3.05) is 26.1 Å². The van der Waals surface area contributed by atoms with Crippen molar-refractivity contribution in [2.24, 2.45) is 0 Å². The highest BCUT2D eigenvalue weighted by molar-refractivity contribution is 7.15. The molecule has 0 amide bonds. The summed E-state index contributed by atoms with van der Waals surface area (Å²) in [5.74, 6) is -1.08. The van der Waals surface area contributed by atoms with E-state index in [9.17, 15) is 8.78 Å². The van der Waals surface area contributed by atoms with E-state index in [1.165, 1.54) is 17.4 Å². The Kier molecular flexibility index (Phi) is 5.08. The summed E-state index contributed by atoms with van der Waals surface area (Å²) in [6.07, 6.45) is 0. The molecule has 1 aromatic carbocycles. The molecule has 0 fully saturated rings. The topological polar surface area (TPSA) is 37.4 Å². The fourth-order valence-corrected chi connectivity index (χ4v) is 2.68. The summed E-state index contributed by atoms with van der Waals surface area (Å²) in [5, 5.41) is 4.03. The number of thiazole rings is 1. The van der Waals surface area contributed by atoms with Crippen LogP contribution < -0.4 is 15.0 Å². The first-order chi connectivity index (χ1) is 10.0. The number of hydrogen-bond acceptors (Lipinski definition) is 5. The number of ether oxygens (including phenoxy) is 1. The molecule has 2 rings (SSSR count). The molecule has 114 valence electrons. The van der Waals surface area contributed by atoms with E-state index in [0.29, 0.717) is 24.5 Å². The molecule has 1 aromatic heterocycles. The summed E-state index contributed by atoms with van der Waals surface area (Å²) >= 11 is 1.53. The lowest BCUT2D eigenvalue weighted by Crippen LogP contribution is -2.12. The van der Waals surface area contributed by atoms with Gasteiger partial charge < -0.3 is 15.0 Å². The van der Waals surface area contributed by atoms with Crippen LogP contribution in [0, 0.1) is 11.6 Å². The zero-order valence-electron chi connectivity index (χ0n) is 12.1. The van der Waals surface area contributed by atoms with Gasteiger partial charge >= 0.3 is 0 Å². The first kappa shape index (κ1) is 15.7. The highest BCUT2D eigenvalue weighted by Gasteiger charge is 2.12. The van der Waals surface area contributed by atoms with Crippen molar-refractivity contribution in [1.29, 1.82) is 0 Å². The molecule has 0 aliphatic rings. The second-order valence-electron chi connectivity index (χ2n) is 4.68. The maximum atomic E-state index is 13.1. The van der Waals surface area contributed by atoms with E-state index < -0.39 is 11.6 Å². The molecule has 4 nitrogen and oxygen atoms in total. The molecule has 0 aliphatic carbocycles. The molecule has 0 saturated carbocycles. The average molecular weight is 313 g/mol. The van der Waals surface area contributed by atoms with Crippen molar-refractivity contribution in [2.45, 2.75) is 13.1 Å². The molecular weight excluding hydrogens is 296 g/mol. The van der Waals surface area contributed by atoms with Crippen LogP contribution in [0.25, 0.3) is 0 Å². The number of rotatable bonds is 6. The summed E-state index contributed by atoms with van der Waals surface area (Å²) in [6.45, 7) is 0.989. The van der Waals surface area contributed by atoms with Crippen LogP contribution in [0.5, 0.6) is 5.88 Å². The summed E-state index contributed by atoms with van der Waals surface area (Å²) in [6, 6.07) is 3.88. The minimum Gasteiger partial charge on any atom is -0.480 e. The van der Waals surface area contributed by atoms with Crippen molar-refractivity contribution in [3.63, 3.8) is 0 Å². The first-order valence-electron chi connectivity index (χ1n) is 6.37. The second-order valence-corrected chi connectivity index (χ2v) is 5.74. The van der Waals surface area contributed by atoms with Crippen molar-refractivity contribution in [3.8, 4) is 5.88 Å². The largest absolute Gasteiger partial charge is 0.480 e. The summed E-state index contributed by atoms with van der Waals surface area (Å²) in [7, 11) is 5.40. The van der Waals surface area contributed by atoms with Crippen molar-refractivity contribution < 1.29 is 13.5 Å². The third kappa shape index (κ3) is 3.89. The zero-order chi connectivity index (χ0) is 15.4. The summed E-state index contributed by atoms with van der Waals surface area (Å²) in [5.41, 5.74) is 0.685. The maximum absolute atomic E-state index is 13.1. The molecule has 0 atom stereocenters. The molecule has 1 heterocycles. The predicted octanol–water partition coefficient (Wildman–Crippen LogP) is 2.79. The number of anilines is 1. The van der Waals surface area contributed by atoms with Gasteiger partial charge in [0.1, 0.15) is 0 Å². The third-order valence-electron chi connectivity index (χ3n) is 2.82. The molecule has 0 spiro atoms. The van der Waals surface area contributed by atoms with Crippen molar-refractivity contribution in [3.05, 3.63) is 40.3 Å². The Morgan fingerprint density at radius 3 is 2.62 bits per heavy atom. The summed E-state index contributed by atoms with van der Waals surface area (Å²) < 4.78 is 31.2. The molecule has 7 heteroatoms. The number of hydrogen-bond donors (Lipinski definition) is 1. The fourth-order valence-electron chi connectivity index (χ4n) is 1.76. The Hall–Kier alpha value is -1.73. The van der Waals surface area contributed by atoms with Gasteiger partial charge in [-0.1, -0.05) is 17.4 Å². The van der Waals surface area contributed by atoms with E-state index in [2.05, 4.69) is 10.3 Å². The SMILES string of the molecule is COc1nc(N(C)C)sc1CNCc1ccc(F)c(F)c1. The highest BCUT2D eigenvalue weighted by Crippen LogP contribution is 2.30. The number of methoxy groups -OCH3 is 1. The monoisotopic (exact) mass is 313 g/mol. The predicted molar refractivity (Wildman–Crippen MR) is 79.9 cm³/mol. The van der Waals surface area contributed by atoms with E-state index in [1.54, 1.807) is 13.2 Å². The van der Waals surface area contributed by atoms with Crippen LogP contribution >= 0.6 is 11.3 Å². The Labute approximate surface area is 126 Å². The lowest BCUT2D eigenvalue weighted by Gasteiger charge is -2.05. The van der Waals surface area contributed by atoms with Crippen LogP contribution in [-0.2, 0) is 13.1 Å². The molecule has 1 N–H and O–H groups in total. The van der Waals surface area contributed by atoms with Gasteiger partial charge in [0, 0.05) is 27.2 Å². The molecule has 0 radical (unpaired) electrons. The van der Waals surface area contributed by atoms with E-state index >= 15 is 0 Å². The van der Waals surface area contributed by atoms with Crippen LogP contribution in [0.4, 0.5) is 13.9 Å². The van der Waals surface area contributed by atoms with Crippen molar-refractivity contribution >= 4 is 16.5 Å². The summed E-state index contributed by atoms with van der Waals surface area (Å²) in [4.78, 5) is 7.22. The molecule has 0 unspecified atom stereocenters. The van der Waals surface area contributed by atoms with E-state index in [4.69, 9.17) is 4.74 Å². The van der Waals surface area contributed by atoms with Gasteiger partial charge in [-0.25, -0.2) is 8.78 Å². The quantitative estimate of drug-likeness (QED) is 0.890. The van der Waals surface area contributed by atoms with Gasteiger partial charge in [-0.2, -0.15) is 4.98 Å². The Balaban J connectivity index is 1.98. The van der Waals surface area contributed by atoms with Crippen LogP contribution in [0.2, 0.25) is 0 Å². The molecule has 0 saturated heterocycles. The van der Waals surface area contributed by atoms with E-state index in [0.717, 1.165) is 16.1 Å². The lowest BCUT2D eigenvalue weighted by molar-refractivity contribution is 0.394. The average Bonchev–Trinajstić information content (AvgIpc) is 2.86. The van der Waals surface area contributed by atoms with Gasteiger partial charge in [-0.3, -0.25) is 0 Å². The minimum atomic E-state index is -0.835. The third-order valence-corrected chi connectivity index (χ3v) is 4.03. The van der Waals surface area contributed by atoms with Gasteiger partial charge in [-0.15, -0.1) is 0 Å². The standard InChI is InChI=1S/C14H17F2N3OS/c1-19(2)14-18-13(20-3)12(21-14)8-17-7-9-4-5-10(15)11(16)6-9/h4-6,17H,7-8H2,1-3H3. The minimum absolute atomic E-state index is 0.440. The molecule has 21 heavy (non-hydrogen) atoms. The van der Waals surface area contributed by atoms with Gasteiger partial charge in [-0.05, 0) is 17.7 Å². The number of nitrogens with zero attached hydrogens (tertiary/aromatic N) is 2. The Morgan fingerprint density at radius 1 is 1.24 bits per heavy atom. The number of aromatic nitrogens is 1. The molecule has 0 aliphatic heterocycles. The normalized spacial score (nSPS) is 10.7.